The van der Waals surface area contributed by atoms with Crippen LogP contribution >= 0.6 is 11.6 Å². The number of hydrogen-bond donors (Lipinski definition) is 2. The van der Waals surface area contributed by atoms with Crippen molar-refractivity contribution in [3.63, 3.8) is 0 Å². The van der Waals surface area contributed by atoms with Gasteiger partial charge in [-0.1, -0.05) is 29.8 Å². The third-order valence-corrected chi connectivity index (χ3v) is 6.60. The second-order valence-electron chi connectivity index (χ2n) is 8.40. The third-order valence-electron chi connectivity index (χ3n) is 6.27. The van der Waals surface area contributed by atoms with Gasteiger partial charge in [0, 0.05) is 73.2 Å². The monoisotopic (exact) mass is 475 g/mol. The number of fused-ring (bicyclic) bond motifs is 3. The Morgan fingerprint density at radius 1 is 0.971 bits per heavy atom. The number of halogens is 2. The van der Waals surface area contributed by atoms with E-state index in [-0.39, 0.29) is 5.82 Å². The number of piperazine rings is 1. The van der Waals surface area contributed by atoms with Crippen molar-refractivity contribution in [3.05, 3.63) is 71.2 Å². The number of anilines is 2. The van der Waals surface area contributed by atoms with Crippen molar-refractivity contribution in [2.75, 3.05) is 42.9 Å². The van der Waals surface area contributed by atoms with Crippen LogP contribution in [0.2, 0.25) is 5.02 Å². The van der Waals surface area contributed by atoms with E-state index in [9.17, 15) is 4.39 Å². The lowest BCUT2D eigenvalue weighted by Gasteiger charge is -2.29. The van der Waals surface area contributed by atoms with Crippen molar-refractivity contribution in [3.8, 4) is 22.5 Å². The van der Waals surface area contributed by atoms with Crippen molar-refractivity contribution < 1.29 is 4.39 Å². The minimum atomic E-state index is -0.284. The first-order valence-corrected chi connectivity index (χ1v) is 11.7. The summed E-state index contributed by atoms with van der Waals surface area (Å²) in [5.41, 5.74) is 4.25. The topological polar surface area (TPSA) is 70.4 Å². The van der Waals surface area contributed by atoms with E-state index in [1.807, 2.05) is 41.3 Å². The lowest BCUT2D eigenvalue weighted by molar-refractivity contribution is 0.566. The van der Waals surface area contributed by atoms with E-state index in [0.29, 0.717) is 22.0 Å². The molecule has 0 aliphatic carbocycles. The molecule has 0 unspecified atom stereocenters. The molecule has 1 fully saturated rings. The lowest BCUT2D eigenvalue weighted by Crippen LogP contribution is -2.43. The van der Waals surface area contributed by atoms with Gasteiger partial charge in [-0.25, -0.2) is 14.4 Å². The fraction of sp³-hybridized carbons (Fsp3) is 0.240. The largest absolute Gasteiger partial charge is 0.369 e. The highest BCUT2D eigenvalue weighted by molar-refractivity contribution is 6.33. The Bertz CT molecular complexity index is 1410. The molecule has 7 nitrogen and oxygen atoms in total. The fourth-order valence-corrected chi connectivity index (χ4v) is 4.88. The van der Waals surface area contributed by atoms with E-state index in [4.69, 9.17) is 16.6 Å². The average Bonchev–Trinajstić information content (AvgIpc) is 3.35. The molecule has 2 aromatic rings. The standard InChI is InChI=1S/C25H23ClFN7/c26-20-4-2-1-3-18(20)19-13-16-15-30-25(32-23(16)34-12-9-29-24(19)34)31-17-5-6-22(21(27)14-17)33-10-7-28-8-11-33/h1-6,13-15,28-29H,7-12H2. The summed E-state index contributed by atoms with van der Waals surface area (Å²) in [6.45, 7) is 4.85. The summed E-state index contributed by atoms with van der Waals surface area (Å²) in [7, 11) is 0. The van der Waals surface area contributed by atoms with E-state index in [0.717, 1.165) is 67.6 Å². The van der Waals surface area contributed by atoms with Crippen LogP contribution in [0, 0.1) is 5.82 Å². The molecule has 2 N–H and O–H groups in total. The first-order chi connectivity index (χ1) is 16.7. The molecule has 172 valence electrons. The number of nitrogens with zero attached hydrogens (tertiary/aromatic N) is 5. The molecule has 0 atom stereocenters. The van der Waals surface area contributed by atoms with Gasteiger partial charge in [-0.3, -0.25) is 0 Å². The zero-order valence-corrected chi connectivity index (χ0v) is 19.2. The molecular weight excluding hydrogens is 453 g/mol. The smallest absolute Gasteiger partial charge is 0.251 e. The van der Waals surface area contributed by atoms with Crippen LogP contribution in [-0.2, 0) is 6.54 Å². The van der Waals surface area contributed by atoms with Gasteiger partial charge in [0.1, 0.15) is 17.5 Å². The summed E-state index contributed by atoms with van der Waals surface area (Å²) < 4.78 is 17.0. The maximum absolute atomic E-state index is 14.8. The zero-order chi connectivity index (χ0) is 23.1. The van der Waals surface area contributed by atoms with Crippen LogP contribution in [0.25, 0.3) is 22.5 Å². The van der Waals surface area contributed by atoms with E-state index in [2.05, 4.69) is 25.2 Å². The Morgan fingerprint density at radius 2 is 1.82 bits per heavy atom. The zero-order valence-electron chi connectivity index (χ0n) is 18.4. The minimum absolute atomic E-state index is 0.284. The van der Waals surface area contributed by atoms with Gasteiger partial charge in [0.25, 0.3) is 5.62 Å². The van der Waals surface area contributed by atoms with Crippen LogP contribution in [-0.4, -0.2) is 47.3 Å². The van der Waals surface area contributed by atoms with Crippen LogP contribution in [0.4, 0.5) is 21.6 Å². The van der Waals surface area contributed by atoms with E-state index < -0.39 is 0 Å². The second-order valence-corrected chi connectivity index (χ2v) is 8.81. The van der Waals surface area contributed by atoms with Crippen molar-refractivity contribution in [2.24, 2.45) is 4.99 Å². The third kappa shape index (κ3) is 3.78. The summed E-state index contributed by atoms with van der Waals surface area (Å²) >= 11 is 6.48. The normalized spacial score (nSPS) is 16.1. The number of hydrogen-bond acceptors (Lipinski definition) is 6. The molecular formula is C25H23ClFN7. The Hall–Kier alpha value is -3.49. The van der Waals surface area contributed by atoms with Crippen LogP contribution in [0.5, 0.6) is 0 Å². The van der Waals surface area contributed by atoms with Crippen molar-refractivity contribution in [1.82, 2.24) is 19.9 Å². The van der Waals surface area contributed by atoms with Crippen LogP contribution < -0.4 is 21.2 Å². The van der Waals surface area contributed by atoms with Gasteiger partial charge in [-0.15, -0.1) is 0 Å². The SMILES string of the molecule is Fc1cc(N=c2ncc3cc(-c4ccccc4Cl)c4n(c-3n2)CCN4)ccc1N1CCNCC1. The molecule has 0 amide bonds. The summed E-state index contributed by atoms with van der Waals surface area (Å²) in [5, 5.41) is 7.43. The molecule has 2 aromatic carbocycles. The molecule has 0 radical (unpaired) electrons. The summed E-state index contributed by atoms with van der Waals surface area (Å²) in [4.78, 5) is 15.7. The van der Waals surface area contributed by atoms with Gasteiger partial charge in [0.05, 0.1) is 11.4 Å². The number of nitrogens with one attached hydrogen (secondary N) is 2. The molecule has 4 aliphatic rings. The van der Waals surface area contributed by atoms with E-state index in [1.54, 1.807) is 12.3 Å². The summed E-state index contributed by atoms with van der Waals surface area (Å²) in [5.74, 6) is 1.46. The lowest BCUT2D eigenvalue weighted by atomic mass is 10.0. The highest BCUT2D eigenvalue weighted by Crippen LogP contribution is 2.39. The first-order valence-electron chi connectivity index (χ1n) is 11.4. The van der Waals surface area contributed by atoms with Gasteiger partial charge in [0.2, 0.25) is 0 Å². The first kappa shape index (κ1) is 21.1. The van der Waals surface area contributed by atoms with Crippen molar-refractivity contribution >= 4 is 28.8 Å². The highest BCUT2D eigenvalue weighted by Gasteiger charge is 2.23. The molecule has 0 saturated carbocycles. The van der Waals surface area contributed by atoms with Crippen LogP contribution in [0.1, 0.15) is 0 Å². The van der Waals surface area contributed by atoms with Gasteiger partial charge in [-0.2, -0.15) is 4.98 Å². The van der Waals surface area contributed by atoms with Crippen LogP contribution in [0.3, 0.4) is 0 Å². The minimum Gasteiger partial charge on any atom is -0.369 e. The second kappa shape index (κ2) is 8.70. The number of rotatable bonds is 3. The quantitative estimate of drug-likeness (QED) is 0.470. The van der Waals surface area contributed by atoms with Gasteiger partial charge in [-0.05, 0) is 24.3 Å². The van der Waals surface area contributed by atoms with E-state index in [1.165, 1.54) is 6.07 Å². The molecule has 0 spiro atoms. The molecule has 4 aliphatic heterocycles. The number of benzene rings is 2. The van der Waals surface area contributed by atoms with Gasteiger partial charge >= 0.3 is 0 Å². The molecule has 1 saturated heterocycles. The maximum atomic E-state index is 14.8. The summed E-state index contributed by atoms with van der Waals surface area (Å²) in [6, 6.07) is 14.9. The Labute approximate surface area is 201 Å². The fourth-order valence-electron chi connectivity index (χ4n) is 4.64. The van der Waals surface area contributed by atoms with E-state index >= 15 is 0 Å². The predicted molar refractivity (Wildman–Crippen MR) is 132 cm³/mol. The molecule has 0 bridgehead atoms. The number of pyridine rings is 1. The summed E-state index contributed by atoms with van der Waals surface area (Å²) in [6.07, 6.45) is 1.76. The highest BCUT2D eigenvalue weighted by atomic mass is 35.5. The molecule has 34 heavy (non-hydrogen) atoms. The molecule has 6 rings (SSSR count). The Balaban J connectivity index is 1.40. The Kier molecular flexibility index (Phi) is 5.39. The van der Waals surface area contributed by atoms with Crippen LogP contribution in [0.15, 0.2) is 59.7 Å². The van der Waals surface area contributed by atoms with Crippen molar-refractivity contribution in [2.45, 2.75) is 6.54 Å². The van der Waals surface area contributed by atoms with Gasteiger partial charge < -0.3 is 20.1 Å². The van der Waals surface area contributed by atoms with Crippen molar-refractivity contribution in [1.29, 1.82) is 0 Å². The predicted octanol–water partition coefficient (Wildman–Crippen LogP) is 3.91. The molecule has 0 aromatic heterocycles. The number of aromatic nitrogens is 3. The Morgan fingerprint density at radius 3 is 2.65 bits per heavy atom. The van der Waals surface area contributed by atoms with Gasteiger partial charge in [0.15, 0.2) is 0 Å². The molecule has 4 heterocycles. The average molecular weight is 476 g/mol. The maximum Gasteiger partial charge on any atom is 0.251 e. The molecule has 9 heteroatoms.